The van der Waals surface area contributed by atoms with Gasteiger partial charge in [0.15, 0.2) is 11.5 Å². The first-order valence-corrected chi connectivity index (χ1v) is 10.3. The van der Waals surface area contributed by atoms with Crippen molar-refractivity contribution < 1.29 is 22.3 Å². The van der Waals surface area contributed by atoms with Gasteiger partial charge in [0, 0.05) is 17.5 Å². The van der Waals surface area contributed by atoms with Crippen LogP contribution in [0.15, 0.2) is 52.3 Å². The van der Waals surface area contributed by atoms with E-state index in [4.69, 9.17) is 9.47 Å². The Hall–Kier alpha value is -1.77. The van der Waals surface area contributed by atoms with Crippen LogP contribution in [0, 0.1) is 5.82 Å². The molecule has 1 aliphatic heterocycles. The first-order valence-electron chi connectivity index (χ1n) is 7.82. The van der Waals surface area contributed by atoms with Crippen molar-refractivity contribution in [3.8, 4) is 11.5 Å². The first kappa shape index (κ1) is 18.0. The van der Waals surface area contributed by atoms with Crippen molar-refractivity contribution in [3.63, 3.8) is 0 Å². The molecule has 25 heavy (non-hydrogen) atoms. The van der Waals surface area contributed by atoms with Gasteiger partial charge in [-0.3, -0.25) is 0 Å². The zero-order chi connectivity index (χ0) is 17.7. The van der Waals surface area contributed by atoms with Crippen LogP contribution in [0.2, 0.25) is 0 Å². The number of rotatable bonds is 7. The van der Waals surface area contributed by atoms with Gasteiger partial charge in [-0.1, -0.05) is 0 Å². The lowest BCUT2D eigenvalue weighted by molar-refractivity contribution is 0.171. The second-order valence-corrected chi connectivity index (χ2v) is 8.29. The van der Waals surface area contributed by atoms with Gasteiger partial charge in [-0.2, -0.15) is 0 Å². The van der Waals surface area contributed by atoms with Crippen molar-refractivity contribution >= 4 is 21.8 Å². The molecule has 0 amide bonds. The number of sulfonamides is 1. The normalized spacial score (nSPS) is 13.6. The predicted octanol–water partition coefficient (Wildman–Crippen LogP) is 3.06. The maximum Gasteiger partial charge on any atom is 0.240 e. The van der Waals surface area contributed by atoms with Gasteiger partial charge in [-0.15, -0.1) is 11.8 Å². The van der Waals surface area contributed by atoms with Crippen LogP contribution in [-0.4, -0.2) is 33.9 Å². The molecular formula is C17H18FNO4S2. The molecule has 0 fully saturated rings. The van der Waals surface area contributed by atoms with E-state index in [-0.39, 0.29) is 10.7 Å². The lowest BCUT2D eigenvalue weighted by Crippen LogP contribution is -2.25. The number of thioether (sulfide) groups is 1. The molecule has 0 saturated carbocycles. The summed E-state index contributed by atoms with van der Waals surface area (Å²) in [5.41, 5.74) is 0. The maximum atomic E-state index is 12.8. The number of hydrogen-bond donors (Lipinski definition) is 1. The maximum absolute atomic E-state index is 12.8. The molecule has 2 aromatic rings. The molecule has 1 N–H and O–H groups in total. The number of ether oxygens (including phenoxy) is 2. The molecule has 3 rings (SSSR count). The molecular weight excluding hydrogens is 365 g/mol. The minimum atomic E-state index is -3.59. The third-order valence-electron chi connectivity index (χ3n) is 3.52. The third-order valence-corrected chi connectivity index (χ3v) is 6.08. The van der Waals surface area contributed by atoms with Crippen LogP contribution in [0.5, 0.6) is 11.5 Å². The van der Waals surface area contributed by atoms with E-state index in [1.165, 1.54) is 24.3 Å². The summed E-state index contributed by atoms with van der Waals surface area (Å²) in [6.07, 6.45) is 0.659. The summed E-state index contributed by atoms with van der Waals surface area (Å²) in [7, 11) is -3.59. The first-order chi connectivity index (χ1) is 12.0. The van der Waals surface area contributed by atoms with Crippen LogP contribution in [-0.2, 0) is 10.0 Å². The highest BCUT2D eigenvalue weighted by molar-refractivity contribution is 7.99. The van der Waals surface area contributed by atoms with Crippen molar-refractivity contribution in [2.24, 2.45) is 0 Å². The van der Waals surface area contributed by atoms with Crippen LogP contribution in [0.25, 0.3) is 0 Å². The Morgan fingerprint density at radius 3 is 2.52 bits per heavy atom. The third kappa shape index (κ3) is 4.87. The van der Waals surface area contributed by atoms with E-state index >= 15 is 0 Å². The zero-order valence-electron chi connectivity index (χ0n) is 13.4. The number of benzene rings is 2. The smallest absolute Gasteiger partial charge is 0.240 e. The van der Waals surface area contributed by atoms with Crippen LogP contribution in [0.3, 0.4) is 0 Å². The van der Waals surface area contributed by atoms with Crippen molar-refractivity contribution in [2.45, 2.75) is 16.2 Å². The fourth-order valence-corrected chi connectivity index (χ4v) is 4.22. The number of fused-ring (bicyclic) bond motifs is 1. The molecule has 8 heteroatoms. The monoisotopic (exact) mass is 383 g/mol. The summed E-state index contributed by atoms with van der Waals surface area (Å²) in [6, 6.07) is 10.8. The van der Waals surface area contributed by atoms with E-state index < -0.39 is 10.0 Å². The van der Waals surface area contributed by atoms with E-state index in [1.54, 1.807) is 30.0 Å². The molecule has 0 aromatic heterocycles. The molecule has 1 aliphatic rings. The van der Waals surface area contributed by atoms with E-state index in [2.05, 4.69) is 4.72 Å². The van der Waals surface area contributed by atoms with Crippen molar-refractivity contribution in [1.29, 1.82) is 0 Å². The lowest BCUT2D eigenvalue weighted by Gasteiger charge is -2.18. The Kier molecular flexibility index (Phi) is 5.82. The standard InChI is InChI=1S/C17H18FNO4S2/c18-13-2-4-14(5-3-13)24-11-1-8-19-25(20,21)15-6-7-16-17(12-15)23-10-9-22-16/h2-7,12,19H,1,8-11H2. The SMILES string of the molecule is O=S(=O)(NCCCSc1ccc(F)cc1)c1ccc2c(c1)OCCO2. The van der Waals surface area contributed by atoms with Crippen LogP contribution in [0.1, 0.15) is 6.42 Å². The molecule has 134 valence electrons. The molecule has 0 bridgehead atoms. The van der Waals surface area contributed by atoms with Gasteiger partial charge in [0.25, 0.3) is 0 Å². The largest absolute Gasteiger partial charge is 0.486 e. The van der Waals surface area contributed by atoms with Crippen molar-refractivity contribution in [1.82, 2.24) is 4.72 Å². The van der Waals surface area contributed by atoms with Gasteiger partial charge < -0.3 is 9.47 Å². The van der Waals surface area contributed by atoms with E-state index in [1.807, 2.05) is 0 Å². The molecule has 0 aliphatic carbocycles. The highest BCUT2D eigenvalue weighted by Crippen LogP contribution is 2.32. The highest BCUT2D eigenvalue weighted by atomic mass is 32.2. The zero-order valence-corrected chi connectivity index (χ0v) is 15.0. The number of hydrogen-bond acceptors (Lipinski definition) is 5. The predicted molar refractivity (Wildman–Crippen MR) is 94.4 cm³/mol. The minimum Gasteiger partial charge on any atom is -0.486 e. The molecule has 2 aromatic carbocycles. The average molecular weight is 383 g/mol. The Morgan fingerprint density at radius 1 is 1.04 bits per heavy atom. The fourth-order valence-electron chi connectivity index (χ4n) is 2.27. The molecule has 1 heterocycles. The van der Waals surface area contributed by atoms with Gasteiger partial charge >= 0.3 is 0 Å². The molecule has 0 atom stereocenters. The highest BCUT2D eigenvalue weighted by Gasteiger charge is 2.18. The topological polar surface area (TPSA) is 64.6 Å². The lowest BCUT2D eigenvalue weighted by atomic mass is 10.3. The average Bonchev–Trinajstić information content (AvgIpc) is 2.62. The van der Waals surface area contributed by atoms with Gasteiger partial charge in [-0.25, -0.2) is 17.5 Å². The van der Waals surface area contributed by atoms with Gasteiger partial charge in [-0.05, 0) is 48.6 Å². The molecule has 0 spiro atoms. The molecule has 0 radical (unpaired) electrons. The molecule has 5 nitrogen and oxygen atoms in total. The Bertz CT molecular complexity index is 825. The summed E-state index contributed by atoms with van der Waals surface area (Å²) < 4.78 is 50.9. The Labute approximate surface area is 150 Å². The quantitative estimate of drug-likeness (QED) is 0.588. The molecule has 0 saturated heterocycles. The fraction of sp³-hybridized carbons (Fsp3) is 0.294. The van der Waals surface area contributed by atoms with Crippen LogP contribution < -0.4 is 14.2 Å². The van der Waals surface area contributed by atoms with Crippen molar-refractivity contribution in [3.05, 3.63) is 48.3 Å². The second-order valence-electron chi connectivity index (χ2n) is 5.36. The Balaban J connectivity index is 1.49. The van der Waals surface area contributed by atoms with Gasteiger partial charge in [0.05, 0.1) is 4.90 Å². The van der Waals surface area contributed by atoms with E-state index in [0.717, 1.165) is 10.6 Å². The summed E-state index contributed by atoms with van der Waals surface area (Å²) in [5, 5.41) is 0. The van der Waals surface area contributed by atoms with Crippen molar-refractivity contribution in [2.75, 3.05) is 25.5 Å². The summed E-state index contributed by atoms with van der Waals surface area (Å²) in [6.45, 7) is 1.19. The summed E-state index contributed by atoms with van der Waals surface area (Å²) in [5.74, 6) is 1.47. The molecule has 0 unspecified atom stereocenters. The van der Waals surface area contributed by atoms with Crippen LogP contribution >= 0.6 is 11.8 Å². The number of halogens is 1. The van der Waals surface area contributed by atoms with Gasteiger partial charge in [0.1, 0.15) is 19.0 Å². The summed E-state index contributed by atoms with van der Waals surface area (Å²) >= 11 is 1.56. The van der Waals surface area contributed by atoms with Crippen LogP contribution in [0.4, 0.5) is 4.39 Å². The Morgan fingerprint density at radius 2 is 1.76 bits per heavy atom. The van der Waals surface area contributed by atoms with Gasteiger partial charge in [0.2, 0.25) is 10.0 Å². The minimum absolute atomic E-state index is 0.155. The second kappa shape index (κ2) is 8.07. The van der Waals surface area contributed by atoms with E-state index in [9.17, 15) is 12.8 Å². The number of nitrogens with one attached hydrogen (secondary N) is 1. The summed E-state index contributed by atoms with van der Waals surface area (Å²) in [4.78, 5) is 1.11. The van der Waals surface area contributed by atoms with E-state index in [0.29, 0.717) is 37.7 Å².